The summed E-state index contributed by atoms with van der Waals surface area (Å²) in [6.07, 6.45) is 5.17. The average molecular weight is 149 g/mol. The van der Waals surface area contributed by atoms with Crippen molar-refractivity contribution in [3.05, 3.63) is 30.9 Å². The van der Waals surface area contributed by atoms with E-state index in [-0.39, 0.29) is 0 Å². The number of fused-ring (bicyclic) bond motifs is 1. The third kappa shape index (κ3) is 1.55. The van der Waals surface area contributed by atoms with Crippen molar-refractivity contribution in [2.24, 2.45) is 0 Å². The molecule has 0 amide bonds. The van der Waals surface area contributed by atoms with E-state index < -0.39 is 0 Å². The first-order chi connectivity index (χ1) is 5.47. The van der Waals surface area contributed by atoms with Crippen LogP contribution in [-0.2, 0) is 0 Å². The molecule has 58 valence electrons. The average Bonchev–Trinajstić information content (AvgIpc) is 2.55. The van der Waals surface area contributed by atoms with Crippen LogP contribution in [0.4, 0.5) is 0 Å². The van der Waals surface area contributed by atoms with Gasteiger partial charge >= 0.3 is 0 Å². The molecular formula is C8H11N3. The van der Waals surface area contributed by atoms with Crippen molar-refractivity contribution in [3.63, 3.8) is 0 Å². The van der Waals surface area contributed by atoms with Gasteiger partial charge in [0.1, 0.15) is 6.33 Å². The lowest BCUT2D eigenvalue weighted by atomic mass is 10.5. The minimum Gasteiger partial charge on any atom is -0.245 e. The Morgan fingerprint density at radius 2 is 1.91 bits per heavy atom. The smallest absolute Gasteiger partial charge is 0.117 e. The Morgan fingerprint density at radius 3 is 2.64 bits per heavy atom. The van der Waals surface area contributed by atoms with Crippen LogP contribution < -0.4 is 0 Å². The van der Waals surface area contributed by atoms with E-state index in [2.05, 4.69) is 10.1 Å². The van der Waals surface area contributed by atoms with Gasteiger partial charge in [-0.05, 0) is 12.1 Å². The van der Waals surface area contributed by atoms with Gasteiger partial charge in [-0.3, -0.25) is 0 Å². The molecule has 0 atom stereocenters. The van der Waals surface area contributed by atoms with Crippen LogP contribution in [0, 0.1) is 0 Å². The maximum Gasteiger partial charge on any atom is 0.117 e. The van der Waals surface area contributed by atoms with E-state index in [4.69, 9.17) is 0 Å². The maximum absolute atomic E-state index is 3.97. The summed E-state index contributed by atoms with van der Waals surface area (Å²) in [6, 6.07) is 3.84. The van der Waals surface area contributed by atoms with Crippen LogP contribution in [0.2, 0.25) is 0 Å². The van der Waals surface area contributed by atoms with E-state index in [1.54, 1.807) is 23.2 Å². The predicted molar refractivity (Wildman–Crippen MR) is 44.3 cm³/mol. The Hall–Kier alpha value is -1.38. The van der Waals surface area contributed by atoms with Gasteiger partial charge in [0.05, 0.1) is 11.7 Å². The van der Waals surface area contributed by atoms with Gasteiger partial charge in [0.2, 0.25) is 0 Å². The van der Waals surface area contributed by atoms with E-state index >= 15 is 0 Å². The molecule has 2 rings (SSSR count). The highest BCUT2D eigenvalue weighted by Gasteiger charge is 1.86. The van der Waals surface area contributed by atoms with Gasteiger partial charge < -0.3 is 0 Å². The molecule has 0 aliphatic rings. The summed E-state index contributed by atoms with van der Waals surface area (Å²) in [5, 5.41) is 3.97. The van der Waals surface area contributed by atoms with Gasteiger partial charge in [-0.1, -0.05) is 13.8 Å². The molecule has 2 aromatic heterocycles. The third-order valence-corrected chi connectivity index (χ3v) is 1.21. The highest BCUT2D eigenvalue weighted by molar-refractivity contribution is 5.42. The summed E-state index contributed by atoms with van der Waals surface area (Å²) in [5.41, 5.74) is 1.07. The maximum atomic E-state index is 3.97. The van der Waals surface area contributed by atoms with E-state index in [9.17, 15) is 0 Å². The van der Waals surface area contributed by atoms with Gasteiger partial charge in [-0.2, -0.15) is 5.10 Å². The molecule has 0 aliphatic heterocycles. The minimum absolute atomic E-state index is 1.07. The van der Waals surface area contributed by atoms with Crippen molar-refractivity contribution >= 4 is 5.52 Å². The Kier molecular flexibility index (Phi) is 2.60. The Morgan fingerprint density at radius 1 is 1.18 bits per heavy atom. The van der Waals surface area contributed by atoms with Gasteiger partial charge in [0, 0.05) is 6.20 Å². The molecule has 3 nitrogen and oxygen atoms in total. The number of hydrogen-bond acceptors (Lipinski definition) is 2. The number of hydrogen-bond donors (Lipinski definition) is 0. The molecule has 0 fully saturated rings. The second-order valence-electron chi connectivity index (χ2n) is 1.78. The zero-order valence-corrected chi connectivity index (χ0v) is 6.73. The first-order valence-electron chi connectivity index (χ1n) is 3.70. The van der Waals surface area contributed by atoms with Crippen LogP contribution >= 0.6 is 0 Å². The second-order valence-corrected chi connectivity index (χ2v) is 1.78. The first-order valence-corrected chi connectivity index (χ1v) is 3.70. The van der Waals surface area contributed by atoms with Crippen molar-refractivity contribution in [2.45, 2.75) is 13.8 Å². The zero-order chi connectivity index (χ0) is 8.10. The molecule has 0 bridgehead atoms. The number of aromatic nitrogens is 3. The molecular weight excluding hydrogens is 138 g/mol. The topological polar surface area (TPSA) is 30.2 Å². The first kappa shape index (κ1) is 7.72. The van der Waals surface area contributed by atoms with E-state index in [0.29, 0.717) is 0 Å². The molecule has 0 aliphatic carbocycles. The van der Waals surface area contributed by atoms with Gasteiger partial charge in [0.25, 0.3) is 0 Å². The highest BCUT2D eigenvalue weighted by Crippen LogP contribution is 1.95. The summed E-state index contributed by atoms with van der Waals surface area (Å²) < 4.78 is 1.72. The van der Waals surface area contributed by atoms with E-state index in [1.807, 2.05) is 26.0 Å². The van der Waals surface area contributed by atoms with E-state index in [1.165, 1.54) is 0 Å². The molecule has 0 aromatic carbocycles. The molecule has 0 spiro atoms. The molecule has 0 radical (unpaired) electrons. The van der Waals surface area contributed by atoms with Crippen LogP contribution in [0.15, 0.2) is 30.9 Å². The standard InChI is InChI=1S/C6H5N3.C2H6/c1-3-7-5-9-6(1)2-4-8-9;1-2/h1-5H;1-2H3. The molecule has 0 N–H and O–H groups in total. The molecule has 2 aromatic rings. The fraction of sp³-hybridized carbons (Fsp3) is 0.250. The quantitative estimate of drug-likeness (QED) is 0.571. The summed E-state index contributed by atoms with van der Waals surface area (Å²) in [6.45, 7) is 4.00. The normalized spacial score (nSPS) is 8.91. The van der Waals surface area contributed by atoms with Crippen molar-refractivity contribution in [1.82, 2.24) is 14.6 Å². The van der Waals surface area contributed by atoms with Gasteiger partial charge in [-0.15, -0.1) is 0 Å². The molecule has 0 saturated carbocycles. The van der Waals surface area contributed by atoms with Crippen LogP contribution in [0.1, 0.15) is 13.8 Å². The Bertz CT molecular complexity index is 283. The number of rotatable bonds is 0. The summed E-state index contributed by atoms with van der Waals surface area (Å²) in [7, 11) is 0. The lowest BCUT2D eigenvalue weighted by Gasteiger charge is -1.85. The Labute approximate surface area is 65.7 Å². The zero-order valence-electron chi connectivity index (χ0n) is 6.73. The van der Waals surface area contributed by atoms with E-state index in [0.717, 1.165) is 5.52 Å². The van der Waals surface area contributed by atoms with Gasteiger partial charge in [-0.25, -0.2) is 9.50 Å². The molecule has 11 heavy (non-hydrogen) atoms. The molecule has 2 heterocycles. The van der Waals surface area contributed by atoms with Crippen molar-refractivity contribution < 1.29 is 0 Å². The fourth-order valence-corrected chi connectivity index (χ4v) is 0.774. The lowest BCUT2D eigenvalue weighted by molar-refractivity contribution is 0.921. The van der Waals surface area contributed by atoms with Crippen molar-refractivity contribution in [1.29, 1.82) is 0 Å². The largest absolute Gasteiger partial charge is 0.245 e. The predicted octanol–water partition coefficient (Wildman–Crippen LogP) is 1.76. The van der Waals surface area contributed by atoms with Crippen LogP contribution in [0.25, 0.3) is 5.52 Å². The SMILES string of the molecule is CC.c1cc2ccnn2cn1. The monoisotopic (exact) mass is 149 g/mol. The van der Waals surface area contributed by atoms with Crippen molar-refractivity contribution in [2.75, 3.05) is 0 Å². The summed E-state index contributed by atoms with van der Waals surface area (Å²) >= 11 is 0. The fourth-order valence-electron chi connectivity index (χ4n) is 0.774. The third-order valence-electron chi connectivity index (χ3n) is 1.21. The molecule has 3 heteroatoms. The summed E-state index contributed by atoms with van der Waals surface area (Å²) in [4.78, 5) is 3.89. The van der Waals surface area contributed by atoms with Crippen LogP contribution in [0.5, 0.6) is 0 Å². The van der Waals surface area contributed by atoms with Gasteiger partial charge in [0.15, 0.2) is 0 Å². The minimum atomic E-state index is 1.07. The summed E-state index contributed by atoms with van der Waals surface area (Å²) in [5.74, 6) is 0. The molecule has 0 saturated heterocycles. The van der Waals surface area contributed by atoms with Crippen molar-refractivity contribution in [3.8, 4) is 0 Å². The number of nitrogens with zero attached hydrogens (tertiary/aromatic N) is 3. The molecule has 0 unspecified atom stereocenters. The second kappa shape index (κ2) is 3.71. The Balaban J connectivity index is 0.000000281. The van der Waals surface area contributed by atoms with Crippen LogP contribution in [0.3, 0.4) is 0 Å². The van der Waals surface area contributed by atoms with Crippen LogP contribution in [-0.4, -0.2) is 14.6 Å². The highest BCUT2D eigenvalue weighted by atomic mass is 15.2. The lowest BCUT2D eigenvalue weighted by Crippen LogP contribution is -1.85.